The summed E-state index contributed by atoms with van der Waals surface area (Å²) in [4.78, 5) is 25.7. The molecule has 1 saturated heterocycles. The average molecular weight is 282 g/mol. The summed E-state index contributed by atoms with van der Waals surface area (Å²) in [5, 5.41) is 13.9. The molecule has 0 aliphatic carbocycles. The standard InChI is InChI=1S/C13H18N2O3S/c1-8-3-4-19-11(8)5-14-13(18)15-6-9(2)10(7-15)12(16)17/h3-4,9-10H,5-7H2,1-2H3,(H,14,18)(H,16,17)/t9-,10-/m1/s1. The van der Waals surface area contributed by atoms with Gasteiger partial charge in [0.25, 0.3) is 0 Å². The number of rotatable bonds is 3. The van der Waals surface area contributed by atoms with Gasteiger partial charge in [0.1, 0.15) is 0 Å². The Balaban J connectivity index is 1.88. The van der Waals surface area contributed by atoms with E-state index in [0.717, 1.165) is 4.88 Å². The van der Waals surface area contributed by atoms with E-state index in [4.69, 9.17) is 5.11 Å². The molecular formula is C13H18N2O3S. The van der Waals surface area contributed by atoms with Crippen molar-refractivity contribution in [2.75, 3.05) is 13.1 Å². The Hall–Kier alpha value is -1.56. The number of carbonyl (C=O) groups excluding carboxylic acids is 1. The Labute approximate surface area is 116 Å². The highest BCUT2D eigenvalue weighted by molar-refractivity contribution is 7.10. The lowest BCUT2D eigenvalue weighted by Crippen LogP contribution is -2.38. The average Bonchev–Trinajstić information content (AvgIpc) is 2.92. The number of nitrogens with zero attached hydrogens (tertiary/aromatic N) is 1. The number of carboxylic acids is 1. The summed E-state index contributed by atoms with van der Waals surface area (Å²) in [7, 11) is 0. The first-order valence-corrected chi connectivity index (χ1v) is 7.15. The lowest BCUT2D eigenvalue weighted by Gasteiger charge is -2.16. The van der Waals surface area contributed by atoms with Gasteiger partial charge < -0.3 is 15.3 Å². The molecule has 2 atom stereocenters. The molecule has 2 amide bonds. The molecule has 0 radical (unpaired) electrons. The van der Waals surface area contributed by atoms with E-state index >= 15 is 0 Å². The van der Waals surface area contributed by atoms with Gasteiger partial charge in [-0.15, -0.1) is 11.3 Å². The first-order chi connectivity index (χ1) is 8.99. The zero-order chi connectivity index (χ0) is 14.0. The summed E-state index contributed by atoms with van der Waals surface area (Å²) in [5.74, 6) is -1.27. The Morgan fingerprint density at radius 3 is 2.79 bits per heavy atom. The fourth-order valence-corrected chi connectivity index (χ4v) is 3.15. The Morgan fingerprint density at radius 1 is 1.53 bits per heavy atom. The Kier molecular flexibility index (Phi) is 4.09. The molecule has 1 aliphatic rings. The van der Waals surface area contributed by atoms with Crippen molar-refractivity contribution >= 4 is 23.3 Å². The fourth-order valence-electron chi connectivity index (χ4n) is 2.31. The van der Waals surface area contributed by atoms with E-state index in [1.165, 1.54) is 5.56 Å². The molecule has 6 heteroatoms. The van der Waals surface area contributed by atoms with Gasteiger partial charge in [-0.2, -0.15) is 0 Å². The fraction of sp³-hybridized carbons (Fsp3) is 0.538. The number of amides is 2. The van der Waals surface area contributed by atoms with Crippen LogP contribution in [-0.4, -0.2) is 35.1 Å². The van der Waals surface area contributed by atoms with Crippen LogP contribution in [0.4, 0.5) is 4.79 Å². The molecule has 1 aliphatic heterocycles. The molecule has 0 spiro atoms. The largest absolute Gasteiger partial charge is 0.481 e. The quantitative estimate of drug-likeness (QED) is 0.890. The zero-order valence-corrected chi connectivity index (χ0v) is 11.9. The molecule has 2 heterocycles. The van der Waals surface area contributed by atoms with Crippen LogP contribution in [0.25, 0.3) is 0 Å². The number of hydrogen-bond acceptors (Lipinski definition) is 3. The number of aryl methyl sites for hydroxylation is 1. The zero-order valence-electron chi connectivity index (χ0n) is 11.0. The maximum atomic E-state index is 12.0. The number of likely N-dealkylation sites (tertiary alicyclic amines) is 1. The van der Waals surface area contributed by atoms with Gasteiger partial charge in [-0.3, -0.25) is 4.79 Å². The molecular weight excluding hydrogens is 264 g/mol. The van der Waals surface area contributed by atoms with E-state index in [1.54, 1.807) is 16.2 Å². The van der Waals surface area contributed by atoms with Gasteiger partial charge in [0.05, 0.1) is 12.5 Å². The van der Waals surface area contributed by atoms with Crippen LogP contribution in [0.3, 0.4) is 0 Å². The van der Waals surface area contributed by atoms with Crippen LogP contribution in [0.5, 0.6) is 0 Å². The first-order valence-electron chi connectivity index (χ1n) is 6.27. The van der Waals surface area contributed by atoms with Gasteiger partial charge in [-0.05, 0) is 29.9 Å². The Bertz CT molecular complexity index is 486. The maximum Gasteiger partial charge on any atom is 0.317 e. The van der Waals surface area contributed by atoms with Crippen molar-refractivity contribution < 1.29 is 14.7 Å². The second-order valence-corrected chi connectivity index (χ2v) is 6.01. The van der Waals surface area contributed by atoms with Crippen molar-refractivity contribution in [1.82, 2.24) is 10.2 Å². The van der Waals surface area contributed by atoms with Crippen LogP contribution in [0.15, 0.2) is 11.4 Å². The van der Waals surface area contributed by atoms with Crippen molar-refractivity contribution in [3.63, 3.8) is 0 Å². The number of aliphatic carboxylic acids is 1. The van der Waals surface area contributed by atoms with Crippen molar-refractivity contribution in [3.05, 3.63) is 21.9 Å². The normalized spacial score (nSPS) is 22.5. The predicted octanol–water partition coefficient (Wildman–Crippen LogP) is 1.92. The van der Waals surface area contributed by atoms with Gasteiger partial charge in [0, 0.05) is 18.0 Å². The molecule has 0 saturated carbocycles. The first kappa shape index (κ1) is 13.9. The number of carboxylic acid groups (broad SMARTS) is 1. The van der Waals surface area contributed by atoms with Crippen LogP contribution in [0, 0.1) is 18.8 Å². The second-order valence-electron chi connectivity index (χ2n) is 5.01. The number of hydrogen-bond donors (Lipinski definition) is 2. The third-order valence-corrected chi connectivity index (χ3v) is 4.61. The Morgan fingerprint density at radius 2 is 2.26 bits per heavy atom. The summed E-state index contributed by atoms with van der Waals surface area (Å²) < 4.78 is 0. The molecule has 5 nitrogen and oxygen atoms in total. The van der Waals surface area contributed by atoms with Crippen LogP contribution in [0.2, 0.25) is 0 Å². The molecule has 2 N–H and O–H groups in total. The minimum absolute atomic E-state index is 0.00623. The van der Waals surface area contributed by atoms with Gasteiger partial charge >= 0.3 is 12.0 Å². The van der Waals surface area contributed by atoms with E-state index in [-0.39, 0.29) is 11.9 Å². The van der Waals surface area contributed by atoms with Crippen molar-refractivity contribution in [3.8, 4) is 0 Å². The van der Waals surface area contributed by atoms with E-state index in [0.29, 0.717) is 19.6 Å². The summed E-state index contributed by atoms with van der Waals surface area (Å²) >= 11 is 1.61. The highest BCUT2D eigenvalue weighted by Crippen LogP contribution is 2.23. The molecule has 2 rings (SSSR count). The van der Waals surface area contributed by atoms with E-state index in [2.05, 4.69) is 5.32 Å². The third-order valence-electron chi connectivity index (χ3n) is 3.59. The second kappa shape index (κ2) is 5.61. The third kappa shape index (κ3) is 3.07. The number of urea groups is 1. The number of carbonyl (C=O) groups is 2. The highest BCUT2D eigenvalue weighted by atomic mass is 32.1. The van der Waals surface area contributed by atoms with Crippen molar-refractivity contribution in [1.29, 1.82) is 0 Å². The van der Waals surface area contributed by atoms with E-state index < -0.39 is 11.9 Å². The molecule has 1 aromatic rings. The SMILES string of the molecule is Cc1ccsc1CNC(=O)N1C[C@@H](C)[C@H](C(=O)O)C1. The summed E-state index contributed by atoms with van der Waals surface area (Å²) in [6.07, 6.45) is 0. The van der Waals surface area contributed by atoms with Crippen LogP contribution < -0.4 is 5.32 Å². The van der Waals surface area contributed by atoms with Crippen LogP contribution >= 0.6 is 11.3 Å². The minimum Gasteiger partial charge on any atom is -0.481 e. The lowest BCUT2D eigenvalue weighted by atomic mass is 9.99. The number of thiophene rings is 1. The lowest BCUT2D eigenvalue weighted by molar-refractivity contribution is -0.142. The molecule has 104 valence electrons. The van der Waals surface area contributed by atoms with Crippen molar-refractivity contribution in [2.24, 2.45) is 11.8 Å². The van der Waals surface area contributed by atoms with Gasteiger partial charge in [0.15, 0.2) is 0 Å². The van der Waals surface area contributed by atoms with Crippen LogP contribution in [0.1, 0.15) is 17.4 Å². The molecule has 1 aromatic heterocycles. The molecule has 0 aromatic carbocycles. The van der Waals surface area contributed by atoms with Crippen LogP contribution in [-0.2, 0) is 11.3 Å². The summed E-state index contributed by atoms with van der Waals surface area (Å²) in [6.45, 7) is 5.19. The molecule has 19 heavy (non-hydrogen) atoms. The van der Waals surface area contributed by atoms with E-state index in [9.17, 15) is 9.59 Å². The molecule has 0 unspecified atom stereocenters. The van der Waals surface area contributed by atoms with Gasteiger partial charge in [0.2, 0.25) is 0 Å². The van der Waals surface area contributed by atoms with E-state index in [1.807, 2.05) is 25.3 Å². The summed E-state index contributed by atoms with van der Waals surface area (Å²) in [6, 6.07) is 1.84. The van der Waals surface area contributed by atoms with Crippen molar-refractivity contribution in [2.45, 2.75) is 20.4 Å². The highest BCUT2D eigenvalue weighted by Gasteiger charge is 2.36. The van der Waals surface area contributed by atoms with Gasteiger partial charge in [-0.1, -0.05) is 6.92 Å². The summed E-state index contributed by atoms with van der Waals surface area (Å²) in [5.41, 5.74) is 1.17. The smallest absolute Gasteiger partial charge is 0.317 e. The number of nitrogens with one attached hydrogen (secondary N) is 1. The minimum atomic E-state index is -0.822. The maximum absolute atomic E-state index is 12.0. The topological polar surface area (TPSA) is 69.6 Å². The predicted molar refractivity (Wildman–Crippen MR) is 73.2 cm³/mol. The molecule has 0 bridgehead atoms. The van der Waals surface area contributed by atoms with Gasteiger partial charge in [-0.25, -0.2) is 4.79 Å². The monoisotopic (exact) mass is 282 g/mol. The molecule has 1 fully saturated rings.